The highest BCUT2D eigenvalue weighted by Crippen LogP contribution is 2.43. The molecule has 2 heterocycles. The molecular formula is C52H33F3N4. The molecule has 0 saturated heterocycles. The number of hydrogen-bond acceptors (Lipinski definition) is 3. The fraction of sp³-hybridized carbons (Fsp3) is 0.0192. The van der Waals surface area contributed by atoms with Crippen molar-refractivity contribution in [3.05, 3.63) is 206 Å². The highest BCUT2D eigenvalue weighted by atomic mass is 19.4. The maximum Gasteiger partial charge on any atom is 0.417 e. The smallest absolute Gasteiger partial charge is 0.309 e. The maximum absolute atomic E-state index is 14.9. The van der Waals surface area contributed by atoms with Crippen molar-refractivity contribution < 1.29 is 13.2 Å². The Morgan fingerprint density at radius 1 is 0.339 bits per heavy atom. The van der Waals surface area contributed by atoms with Crippen molar-refractivity contribution >= 4 is 21.8 Å². The summed E-state index contributed by atoms with van der Waals surface area (Å²) in [5, 5.41) is 2.05. The quantitative estimate of drug-likeness (QED) is 0.162. The minimum atomic E-state index is -4.62. The zero-order valence-electron chi connectivity index (χ0n) is 31.5. The van der Waals surface area contributed by atoms with Crippen LogP contribution in [0.15, 0.2) is 200 Å². The number of alkyl halides is 3. The molecule has 8 aromatic carbocycles. The molecule has 2 aromatic heterocycles. The highest BCUT2D eigenvalue weighted by Gasteiger charge is 2.34. The van der Waals surface area contributed by atoms with Crippen molar-refractivity contribution in [2.24, 2.45) is 0 Å². The Hall–Kier alpha value is -7.64. The van der Waals surface area contributed by atoms with E-state index in [1.807, 2.05) is 115 Å². The van der Waals surface area contributed by atoms with Crippen molar-refractivity contribution in [3.8, 4) is 73.2 Å². The van der Waals surface area contributed by atoms with Gasteiger partial charge in [-0.2, -0.15) is 13.2 Å². The third-order valence-corrected chi connectivity index (χ3v) is 10.7. The number of hydrogen-bond donors (Lipinski definition) is 0. The van der Waals surface area contributed by atoms with Gasteiger partial charge in [-0.3, -0.25) is 0 Å². The van der Waals surface area contributed by atoms with Gasteiger partial charge in [0.05, 0.1) is 16.6 Å². The van der Waals surface area contributed by atoms with Gasteiger partial charge in [0.25, 0.3) is 0 Å². The molecule has 0 spiro atoms. The van der Waals surface area contributed by atoms with Crippen LogP contribution in [0.2, 0.25) is 0 Å². The van der Waals surface area contributed by atoms with E-state index < -0.39 is 11.7 Å². The Morgan fingerprint density at radius 3 is 1.27 bits per heavy atom. The van der Waals surface area contributed by atoms with E-state index in [4.69, 9.17) is 15.0 Å². The molecule has 7 heteroatoms. The largest absolute Gasteiger partial charge is 0.417 e. The summed E-state index contributed by atoms with van der Waals surface area (Å²) in [5.74, 6) is 1.09. The molecule has 0 radical (unpaired) electrons. The van der Waals surface area contributed by atoms with Gasteiger partial charge >= 0.3 is 6.18 Å². The number of rotatable bonds is 7. The van der Waals surface area contributed by atoms with Gasteiger partial charge in [0.2, 0.25) is 0 Å². The van der Waals surface area contributed by atoms with E-state index in [0.29, 0.717) is 28.5 Å². The second-order valence-electron chi connectivity index (χ2n) is 14.3. The van der Waals surface area contributed by atoms with E-state index in [1.165, 1.54) is 12.1 Å². The molecule has 0 N–H and O–H groups in total. The molecule has 0 amide bonds. The van der Waals surface area contributed by atoms with Gasteiger partial charge in [-0.1, -0.05) is 152 Å². The van der Waals surface area contributed by atoms with Crippen molar-refractivity contribution in [1.82, 2.24) is 19.5 Å². The summed E-state index contributed by atoms with van der Waals surface area (Å²) in [4.78, 5) is 14.7. The Bertz CT molecular complexity index is 2970. The van der Waals surface area contributed by atoms with Crippen LogP contribution in [-0.2, 0) is 6.18 Å². The van der Waals surface area contributed by atoms with Crippen LogP contribution in [0.4, 0.5) is 13.2 Å². The molecule has 0 saturated carbocycles. The van der Waals surface area contributed by atoms with Gasteiger partial charge in [0.1, 0.15) is 0 Å². The monoisotopic (exact) mass is 770 g/mol. The SMILES string of the molecule is FC(F)(F)c1ccccc1-c1cc(-n2c3ccc(-c4ccccc4)cc3c3cc(-c4ccccc4)ccc32)ccc1-c1nc(-c2ccccc2)nc(-c2ccccc2)n1. The van der Waals surface area contributed by atoms with Crippen LogP contribution in [-0.4, -0.2) is 19.5 Å². The minimum Gasteiger partial charge on any atom is -0.309 e. The van der Waals surface area contributed by atoms with Gasteiger partial charge in [-0.05, 0) is 81.9 Å². The normalized spacial score (nSPS) is 11.6. The van der Waals surface area contributed by atoms with E-state index >= 15 is 0 Å². The van der Waals surface area contributed by atoms with Crippen molar-refractivity contribution in [1.29, 1.82) is 0 Å². The number of aromatic nitrogens is 4. The Balaban J connectivity index is 1.25. The number of nitrogens with zero attached hydrogens (tertiary/aromatic N) is 4. The fourth-order valence-corrected chi connectivity index (χ4v) is 7.91. The molecule has 0 fully saturated rings. The first kappa shape index (κ1) is 35.8. The molecule has 0 atom stereocenters. The topological polar surface area (TPSA) is 43.6 Å². The van der Waals surface area contributed by atoms with E-state index in [1.54, 1.807) is 6.07 Å². The van der Waals surface area contributed by atoms with Crippen LogP contribution in [0.25, 0.3) is 95.0 Å². The Kier molecular flexibility index (Phi) is 8.91. The summed E-state index contributed by atoms with van der Waals surface area (Å²) in [6, 6.07) is 63.6. The lowest BCUT2D eigenvalue weighted by Gasteiger charge is -2.18. The first-order valence-electron chi connectivity index (χ1n) is 19.3. The summed E-state index contributed by atoms with van der Waals surface area (Å²) >= 11 is 0. The van der Waals surface area contributed by atoms with Crippen molar-refractivity contribution in [2.45, 2.75) is 6.18 Å². The summed E-state index contributed by atoms with van der Waals surface area (Å²) in [7, 11) is 0. The second kappa shape index (κ2) is 14.7. The molecule has 10 aromatic rings. The molecule has 0 unspecified atom stereocenters. The molecule has 0 aliphatic carbocycles. The van der Waals surface area contributed by atoms with E-state index in [-0.39, 0.29) is 11.4 Å². The van der Waals surface area contributed by atoms with Gasteiger partial charge < -0.3 is 4.57 Å². The zero-order chi connectivity index (χ0) is 39.9. The molecule has 0 aliphatic heterocycles. The lowest BCUT2D eigenvalue weighted by molar-refractivity contribution is -0.137. The summed E-state index contributed by atoms with van der Waals surface area (Å²) in [6.45, 7) is 0. The Morgan fingerprint density at radius 2 is 0.780 bits per heavy atom. The van der Waals surface area contributed by atoms with Gasteiger partial charge in [-0.25, -0.2) is 15.0 Å². The van der Waals surface area contributed by atoms with Crippen LogP contribution in [0.5, 0.6) is 0 Å². The molecule has 0 bridgehead atoms. The lowest BCUT2D eigenvalue weighted by atomic mass is 9.93. The molecule has 282 valence electrons. The third-order valence-electron chi connectivity index (χ3n) is 10.7. The number of halogens is 3. The first-order valence-corrected chi connectivity index (χ1v) is 19.3. The summed E-state index contributed by atoms with van der Waals surface area (Å²) in [5.41, 5.74) is 8.44. The minimum absolute atomic E-state index is 0.0262. The molecule has 4 nitrogen and oxygen atoms in total. The molecule has 59 heavy (non-hydrogen) atoms. The van der Waals surface area contributed by atoms with E-state index in [0.717, 1.165) is 61.3 Å². The number of benzene rings is 8. The Labute approximate surface area is 338 Å². The predicted octanol–water partition coefficient (Wildman–Crippen LogP) is 14.0. The molecule has 10 rings (SSSR count). The zero-order valence-corrected chi connectivity index (χ0v) is 31.5. The third kappa shape index (κ3) is 6.72. The maximum atomic E-state index is 14.9. The van der Waals surface area contributed by atoms with Crippen LogP contribution in [0.1, 0.15) is 5.56 Å². The van der Waals surface area contributed by atoms with Crippen LogP contribution < -0.4 is 0 Å². The fourth-order valence-electron chi connectivity index (χ4n) is 7.91. The summed E-state index contributed by atoms with van der Waals surface area (Å²) in [6.07, 6.45) is -4.62. The van der Waals surface area contributed by atoms with Gasteiger partial charge in [0.15, 0.2) is 17.5 Å². The van der Waals surface area contributed by atoms with Crippen molar-refractivity contribution in [3.63, 3.8) is 0 Å². The lowest BCUT2D eigenvalue weighted by Crippen LogP contribution is -2.08. The second-order valence-corrected chi connectivity index (χ2v) is 14.3. The number of fused-ring (bicyclic) bond motifs is 3. The van der Waals surface area contributed by atoms with E-state index in [9.17, 15) is 13.2 Å². The van der Waals surface area contributed by atoms with Gasteiger partial charge in [-0.15, -0.1) is 0 Å². The first-order chi connectivity index (χ1) is 28.9. The molecule has 0 aliphatic rings. The van der Waals surface area contributed by atoms with Crippen molar-refractivity contribution in [2.75, 3.05) is 0 Å². The molecular weight excluding hydrogens is 738 g/mol. The van der Waals surface area contributed by atoms with Crippen LogP contribution in [0.3, 0.4) is 0 Å². The highest BCUT2D eigenvalue weighted by molar-refractivity contribution is 6.12. The van der Waals surface area contributed by atoms with E-state index in [2.05, 4.69) is 65.2 Å². The summed E-state index contributed by atoms with van der Waals surface area (Å²) < 4.78 is 47.0. The average molecular weight is 771 g/mol. The van der Waals surface area contributed by atoms with Crippen LogP contribution >= 0.6 is 0 Å². The predicted molar refractivity (Wildman–Crippen MR) is 232 cm³/mol. The average Bonchev–Trinajstić information content (AvgIpc) is 3.62. The van der Waals surface area contributed by atoms with Crippen LogP contribution in [0, 0.1) is 0 Å². The van der Waals surface area contributed by atoms with Gasteiger partial charge in [0, 0.05) is 33.2 Å². The standard InChI is InChI=1S/C52H33F3N4/c53-52(54,55)46-24-14-13-23-41(46)43-33-40(27-28-42(43)51-57-49(36-19-9-3-10-20-36)56-50(58-51)37-21-11-4-12-22-37)59-47-29-25-38(34-15-5-1-6-16-34)31-44(47)45-32-39(26-30-48(45)59)35-17-7-2-8-18-35/h1-33H.